The van der Waals surface area contributed by atoms with E-state index in [2.05, 4.69) is 15.5 Å². The number of nitro benzene ring substituents is 1. The number of anilines is 1. The SMILES string of the molecule is C/C(=N\Nc1nc2c(c(=O)n(C)c(=O)n2C)n1Cc1ccccc1Cl)c1cccc([N+](=O)[O-])c1. The van der Waals surface area contributed by atoms with E-state index in [0.717, 1.165) is 10.1 Å². The molecule has 2 aromatic carbocycles. The van der Waals surface area contributed by atoms with Crippen LogP contribution in [0.2, 0.25) is 5.02 Å². The highest BCUT2D eigenvalue weighted by Gasteiger charge is 2.20. The first kappa shape index (κ1) is 22.9. The average Bonchev–Trinajstić information content (AvgIpc) is 3.19. The number of rotatable bonds is 6. The molecular weight excluding hydrogens is 462 g/mol. The molecule has 0 unspecified atom stereocenters. The van der Waals surface area contributed by atoms with Crippen LogP contribution in [0, 0.1) is 10.1 Å². The maximum absolute atomic E-state index is 13.0. The average molecular weight is 482 g/mol. The number of hydrogen-bond donors (Lipinski definition) is 1. The zero-order valence-electron chi connectivity index (χ0n) is 18.5. The summed E-state index contributed by atoms with van der Waals surface area (Å²) in [7, 11) is 2.92. The van der Waals surface area contributed by atoms with Gasteiger partial charge in [-0.1, -0.05) is 41.9 Å². The van der Waals surface area contributed by atoms with Gasteiger partial charge in [0.1, 0.15) is 0 Å². The summed E-state index contributed by atoms with van der Waals surface area (Å²) in [6.07, 6.45) is 0. The molecule has 34 heavy (non-hydrogen) atoms. The van der Waals surface area contributed by atoms with Gasteiger partial charge in [-0.25, -0.2) is 10.2 Å². The third-order valence-electron chi connectivity index (χ3n) is 5.43. The third-order valence-corrected chi connectivity index (χ3v) is 5.80. The number of nitro groups is 1. The zero-order chi connectivity index (χ0) is 24.6. The molecule has 0 atom stereocenters. The number of benzene rings is 2. The van der Waals surface area contributed by atoms with Gasteiger partial charge in [0, 0.05) is 36.8 Å². The molecule has 0 radical (unpaired) electrons. The summed E-state index contributed by atoms with van der Waals surface area (Å²) in [6, 6.07) is 13.2. The van der Waals surface area contributed by atoms with Gasteiger partial charge in [-0.05, 0) is 18.6 Å². The maximum Gasteiger partial charge on any atom is 0.332 e. The quantitative estimate of drug-likeness (QED) is 0.256. The summed E-state index contributed by atoms with van der Waals surface area (Å²) in [4.78, 5) is 40.5. The first-order chi connectivity index (χ1) is 16.2. The van der Waals surface area contributed by atoms with Gasteiger partial charge >= 0.3 is 5.69 Å². The monoisotopic (exact) mass is 481 g/mol. The Morgan fingerprint density at radius 3 is 2.59 bits per heavy atom. The van der Waals surface area contributed by atoms with Crippen molar-refractivity contribution in [3.8, 4) is 0 Å². The van der Waals surface area contributed by atoms with Crippen LogP contribution in [0.3, 0.4) is 0 Å². The number of hydrogen-bond acceptors (Lipinski definition) is 7. The number of non-ortho nitro benzene ring substituents is 1. The molecule has 2 heterocycles. The molecule has 2 aromatic heterocycles. The standard InChI is InChI=1S/C22H20ClN7O4/c1-13(14-8-6-9-16(11-14)30(33)34)25-26-21-24-19-18(20(31)28(3)22(32)27(19)2)29(21)12-15-7-4-5-10-17(15)23/h4-11H,12H2,1-3H3,(H,24,26)/b25-13+. The van der Waals surface area contributed by atoms with Crippen LogP contribution in [0.15, 0.2) is 63.2 Å². The van der Waals surface area contributed by atoms with Crippen LogP contribution in [0.1, 0.15) is 18.1 Å². The van der Waals surface area contributed by atoms with Gasteiger partial charge in [-0.2, -0.15) is 10.1 Å². The molecule has 1 N–H and O–H groups in total. The lowest BCUT2D eigenvalue weighted by molar-refractivity contribution is -0.384. The molecule has 4 rings (SSSR count). The van der Waals surface area contributed by atoms with Crippen molar-refractivity contribution < 1.29 is 4.92 Å². The molecule has 11 nitrogen and oxygen atoms in total. The number of aromatic nitrogens is 4. The lowest BCUT2D eigenvalue weighted by Gasteiger charge is -2.11. The number of nitrogens with zero attached hydrogens (tertiary/aromatic N) is 6. The normalized spacial score (nSPS) is 11.7. The lowest BCUT2D eigenvalue weighted by atomic mass is 10.1. The Bertz CT molecular complexity index is 1580. The van der Waals surface area contributed by atoms with E-state index in [9.17, 15) is 19.7 Å². The summed E-state index contributed by atoms with van der Waals surface area (Å²) in [5.74, 6) is 0.206. The number of hydrazone groups is 1. The fourth-order valence-corrected chi connectivity index (χ4v) is 3.72. The maximum atomic E-state index is 13.0. The summed E-state index contributed by atoms with van der Waals surface area (Å²) < 4.78 is 3.89. The van der Waals surface area contributed by atoms with Gasteiger partial charge in [0.05, 0.1) is 17.2 Å². The molecule has 0 bridgehead atoms. The second-order valence-corrected chi connectivity index (χ2v) is 8.01. The van der Waals surface area contributed by atoms with E-state index in [0.29, 0.717) is 16.3 Å². The minimum Gasteiger partial charge on any atom is -0.298 e. The third kappa shape index (κ3) is 4.08. The van der Waals surface area contributed by atoms with Crippen molar-refractivity contribution in [2.24, 2.45) is 19.2 Å². The highest BCUT2D eigenvalue weighted by molar-refractivity contribution is 6.31. The van der Waals surface area contributed by atoms with E-state index < -0.39 is 16.2 Å². The van der Waals surface area contributed by atoms with Crippen molar-refractivity contribution in [1.29, 1.82) is 0 Å². The van der Waals surface area contributed by atoms with Gasteiger partial charge in [0.25, 0.3) is 11.2 Å². The van der Waals surface area contributed by atoms with Crippen molar-refractivity contribution in [2.45, 2.75) is 13.5 Å². The van der Waals surface area contributed by atoms with Crippen molar-refractivity contribution >= 4 is 40.1 Å². The Hall–Kier alpha value is -4.25. The van der Waals surface area contributed by atoms with Crippen LogP contribution >= 0.6 is 11.6 Å². The molecule has 0 saturated heterocycles. The van der Waals surface area contributed by atoms with E-state index >= 15 is 0 Å². The Labute approximate surface area is 197 Å². The van der Waals surface area contributed by atoms with E-state index in [4.69, 9.17) is 11.6 Å². The molecule has 174 valence electrons. The Morgan fingerprint density at radius 1 is 1.15 bits per heavy atom. The van der Waals surface area contributed by atoms with Crippen LogP contribution in [-0.2, 0) is 20.6 Å². The minimum absolute atomic E-state index is 0.0588. The number of imidazole rings is 1. The van der Waals surface area contributed by atoms with Gasteiger partial charge in [-0.3, -0.25) is 28.6 Å². The van der Waals surface area contributed by atoms with E-state index in [-0.39, 0.29) is 29.3 Å². The Morgan fingerprint density at radius 2 is 1.88 bits per heavy atom. The highest BCUT2D eigenvalue weighted by Crippen LogP contribution is 2.22. The second-order valence-electron chi connectivity index (χ2n) is 7.61. The molecule has 0 aliphatic heterocycles. The van der Waals surface area contributed by atoms with E-state index in [1.54, 1.807) is 35.8 Å². The predicted octanol–water partition coefficient (Wildman–Crippen LogP) is 2.88. The first-order valence-electron chi connectivity index (χ1n) is 10.1. The highest BCUT2D eigenvalue weighted by atomic mass is 35.5. The smallest absolute Gasteiger partial charge is 0.298 e. The van der Waals surface area contributed by atoms with Gasteiger partial charge in [-0.15, -0.1) is 0 Å². The second kappa shape index (κ2) is 8.94. The van der Waals surface area contributed by atoms with Crippen LogP contribution in [0.5, 0.6) is 0 Å². The summed E-state index contributed by atoms with van der Waals surface area (Å²) >= 11 is 6.34. The lowest BCUT2D eigenvalue weighted by Crippen LogP contribution is -2.37. The van der Waals surface area contributed by atoms with E-state index in [1.165, 1.54) is 30.8 Å². The number of fused-ring (bicyclic) bond motifs is 1. The number of nitrogens with one attached hydrogen (secondary N) is 1. The summed E-state index contributed by atoms with van der Waals surface area (Å²) in [5, 5.41) is 15.9. The van der Waals surface area contributed by atoms with Gasteiger partial charge in [0.2, 0.25) is 5.95 Å². The molecule has 0 aliphatic carbocycles. The zero-order valence-corrected chi connectivity index (χ0v) is 19.3. The van der Waals surface area contributed by atoms with Crippen molar-refractivity contribution in [2.75, 3.05) is 5.43 Å². The summed E-state index contributed by atoms with van der Waals surface area (Å²) in [5.41, 5.74) is 3.89. The topological polar surface area (TPSA) is 129 Å². The van der Waals surface area contributed by atoms with Crippen LogP contribution in [0.4, 0.5) is 11.6 Å². The van der Waals surface area contributed by atoms with Crippen LogP contribution in [0.25, 0.3) is 11.2 Å². The fourth-order valence-electron chi connectivity index (χ4n) is 3.53. The molecular formula is C22H20ClN7O4. The first-order valence-corrected chi connectivity index (χ1v) is 10.5. The minimum atomic E-state index is -0.511. The van der Waals surface area contributed by atoms with Gasteiger partial charge < -0.3 is 0 Å². The van der Waals surface area contributed by atoms with Crippen LogP contribution in [-0.4, -0.2) is 29.3 Å². The van der Waals surface area contributed by atoms with E-state index in [1.807, 2.05) is 12.1 Å². The predicted molar refractivity (Wildman–Crippen MR) is 130 cm³/mol. The molecule has 0 spiro atoms. The molecule has 0 saturated carbocycles. The van der Waals surface area contributed by atoms with Gasteiger partial charge in [0.15, 0.2) is 11.2 Å². The molecule has 0 amide bonds. The number of aryl methyl sites for hydroxylation is 1. The van der Waals surface area contributed by atoms with Crippen molar-refractivity contribution in [3.05, 3.63) is 95.6 Å². The molecule has 0 aliphatic rings. The Balaban J connectivity index is 1.85. The molecule has 12 heteroatoms. The molecule has 0 fully saturated rings. The molecule has 4 aromatic rings. The fraction of sp³-hybridized carbons (Fsp3) is 0.182. The summed E-state index contributed by atoms with van der Waals surface area (Å²) in [6.45, 7) is 1.87. The largest absolute Gasteiger partial charge is 0.332 e. The Kier molecular flexibility index (Phi) is 6.03. The van der Waals surface area contributed by atoms with Crippen molar-refractivity contribution in [1.82, 2.24) is 18.7 Å². The van der Waals surface area contributed by atoms with Crippen LogP contribution < -0.4 is 16.7 Å². The van der Waals surface area contributed by atoms with Crippen molar-refractivity contribution in [3.63, 3.8) is 0 Å². The number of halogens is 1.